The molecule has 2 aromatic rings. The maximum atomic E-state index is 14.0. The molecule has 2 rings (SSSR count). The first-order valence-corrected chi connectivity index (χ1v) is 7.39. The van der Waals surface area contributed by atoms with Gasteiger partial charge in [-0.15, -0.1) is 0 Å². The quantitative estimate of drug-likeness (QED) is 0.858. The monoisotopic (exact) mass is 333 g/mol. The summed E-state index contributed by atoms with van der Waals surface area (Å²) in [5.41, 5.74) is 5.91. The molecule has 0 bridgehead atoms. The van der Waals surface area contributed by atoms with Gasteiger partial charge in [-0.05, 0) is 48.9 Å². The summed E-state index contributed by atoms with van der Waals surface area (Å²) < 4.78 is 27.9. The molecule has 0 amide bonds. The Hall–Kier alpha value is -0.810. The van der Waals surface area contributed by atoms with E-state index in [4.69, 9.17) is 28.9 Å². The predicted octanol–water partition coefficient (Wildman–Crippen LogP) is 4.92. The first-order chi connectivity index (χ1) is 9.51. The van der Waals surface area contributed by atoms with Crippen molar-refractivity contribution in [3.8, 4) is 0 Å². The third-order valence-corrected chi connectivity index (χ3v) is 4.42. The van der Waals surface area contributed by atoms with Crippen LogP contribution in [0.2, 0.25) is 10.0 Å². The first kappa shape index (κ1) is 15.6. The minimum atomic E-state index is -0.630. The molecular formula is C14H11Cl2F2NS. The van der Waals surface area contributed by atoms with E-state index in [9.17, 15) is 8.78 Å². The number of hydrogen-bond acceptors (Lipinski definition) is 2. The number of nitrogens with two attached hydrogens (primary N) is 1. The highest BCUT2D eigenvalue weighted by atomic mass is 35.5. The lowest BCUT2D eigenvalue weighted by atomic mass is 10.1. The third kappa shape index (κ3) is 3.64. The van der Waals surface area contributed by atoms with Gasteiger partial charge in [-0.25, -0.2) is 8.78 Å². The number of rotatable bonds is 4. The molecule has 0 heterocycles. The molecule has 0 aromatic heterocycles. The molecule has 0 unspecified atom stereocenters. The van der Waals surface area contributed by atoms with Crippen LogP contribution >= 0.6 is 35.0 Å². The van der Waals surface area contributed by atoms with Crippen LogP contribution in [0.3, 0.4) is 0 Å². The van der Waals surface area contributed by atoms with Crippen LogP contribution in [0.15, 0.2) is 40.1 Å². The summed E-state index contributed by atoms with van der Waals surface area (Å²) in [5.74, 6) is -1.26. The number of hydrogen-bond donors (Lipinski definition) is 1. The molecule has 0 saturated carbocycles. The van der Waals surface area contributed by atoms with Crippen molar-refractivity contribution in [2.45, 2.75) is 16.2 Å². The van der Waals surface area contributed by atoms with Crippen molar-refractivity contribution in [2.24, 2.45) is 5.73 Å². The summed E-state index contributed by atoms with van der Waals surface area (Å²) in [6.45, 7) is 0.339. The van der Waals surface area contributed by atoms with Gasteiger partial charge < -0.3 is 5.73 Å². The van der Waals surface area contributed by atoms with Crippen molar-refractivity contribution in [1.82, 2.24) is 0 Å². The highest BCUT2D eigenvalue weighted by Crippen LogP contribution is 2.37. The maximum Gasteiger partial charge on any atom is 0.140 e. The van der Waals surface area contributed by atoms with Crippen molar-refractivity contribution in [3.63, 3.8) is 0 Å². The molecule has 0 fully saturated rings. The van der Waals surface area contributed by atoms with E-state index in [0.717, 1.165) is 11.8 Å². The zero-order chi connectivity index (χ0) is 14.7. The summed E-state index contributed by atoms with van der Waals surface area (Å²) in [5, 5.41) is 0.849. The normalized spacial score (nSPS) is 10.8. The third-order valence-electron chi connectivity index (χ3n) is 2.60. The molecule has 106 valence electrons. The maximum absolute atomic E-state index is 14.0. The zero-order valence-corrected chi connectivity index (χ0v) is 12.6. The Bertz CT molecular complexity index is 612. The molecule has 0 aliphatic rings. The molecule has 0 aliphatic carbocycles. The van der Waals surface area contributed by atoms with Gasteiger partial charge in [0.05, 0.1) is 9.92 Å². The van der Waals surface area contributed by atoms with Crippen molar-refractivity contribution in [2.75, 3.05) is 6.54 Å². The van der Waals surface area contributed by atoms with E-state index in [0.29, 0.717) is 33.5 Å². The van der Waals surface area contributed by atoms with Crippen LogP contribution in [-0.2, 0) is 6.42 Å². The van der Waals surface area contributed by atoms with E-state index >= 15 is 0 Å². The zero-order valence-electron chi connectivity index (χ0n) is 10.3. The fraction of sp³-hybridized carbons (Fsp3) is 0.143. The van der Waals surface area contributed by atoms with Gasteiger partial charge in [0.15, 0.2) is 0 Å². The Morgan fingerprint density at radius 2 is 1.70 bits per heavy atom. The van der Waals surface area contributed by atoms with E-state index in [1.54, 1.807) is 18.2 Å². The Balaban J connectivity index is 2.36. The van der Waals surface area contributed by atoms with Gasteiger partial charge in [-0.1, -0.05) is 35.0 Å². The molecule has 20 heavy (non-hydrogen) atoms. The lowest BCUT2D eigenvalue weighted by Gasteiger charge is -2.09. The highest BCUT2D eigenvalue weighted by Gasteiger charge is 2.14. The van der Waals surface area contributed by atoms with Crippen LogP contribution in [-0.4, -0.2) is 6.54 Å². The van der Waals surface area contributed by atoms with E-state index < -0.39 is 11.6 Å². The van der Waals surface area contributed by atoms with E-state index in [1.165, 1.54) is 12.1 Å². The van der Waals surface area contributed by atoms with Crippen molar-refractivity contribution >= 4 is 35.0 Å². The van der Waals surface area contributed by atoms with Crippen LogP contribution in [0.4, 0.5) is 8.78 Å². The molecule has 2 aromatic carbocycles. The summed E-state index contributed by atoms with van der Waals surface area (Å²) in [6, 6.07) is 7.35. The summed E-state index contributed by atoms with van der Waals surface area (Å²) in [4.78, 5) is 0.401. The molecule has 6 heteroatoms. The Kier molecular flexibility index (Phi) is 5.27. The second kappa shape index (κ2) is 6.76. The van der Waals surface area contributed by atoms with Gasteiger partial charge >= 0.3 is 0 Å². The molecule has 0 aliphatic heterocycles. The largest absolute Gasteiger partial charge is 0.330 e. The molecule has 2 N–H and O–H groups in total. The molecule has 0 saturated heterocycles. The first-order valence-electron chi connectivity index (χ1n) is 5.82. The van der Waals surface area contributed by atoms with Crippen LogP contribution in [0.1, 0.15) is 5.56 Å². The average molecular weight is 334 g/mol. The van der Waals surface area contributed by atoms with Crippen LogP contribution in [0.5, 0.6) is 0 Å². The lowest BCUT2D eigenvalue weighted by molar-refractivity contribution is 0.537. The second-order valence-corrected chi connectivity index (χ2v) is 6.00. The van der Waals surface area contributed by atoms with E-state index in [2.05, 4.69) is 0 Å². The van der Waals surface area contributed by atoms with Gasteiger partial charge in [-0.2, -0.15) is 0 Å². The minimum absolute atomic E-state index is 0.102. The fourth-order valence-corrected chi connectivity index (χ4v) is 3.04. The topological polar surface area (TPSA) is 26.0 Å². The minimum Gasteiger partial charge on any atom is -0.330 e. The number of halogens is 4. The van der Waals surface area contributed by atoms with Crippen LogP contribution in [0, 0.1) is 11.6 Å². The van der Waals surface area contributed by atoms with E-state index in [1.807, 2.05) is 0 Å². The van der Waals surface area contributed by atoms with Gasteiger partial charge in [0, 0.05) is 9.92 Å². The molecular weight excluding hydrogens is 323 g/mol. The van der Waals surface area contributed by atoms with Crippen molar-refractivity contribution in [3.05, 3.63) is 57.6 Å². The second-order valence-electron chi connectivity index (χ2n) is 4.10. The fourth-order valence-electron chi connectivity index (χ4n) is 1.69. The molecule has 0 atom stereocenters. The Labute approximate surface area is 130 Å². The van der Waals surface area contributed by atoms with Gasteiger partial charge in [-0.3, -0.25) is 0 Å². The van der Waals surface area contributed by atoms with E-state index in [-0.39, 0.29) is 4.90 Å². The van der Waals surface area contributed by atoms with Crippen molar-refractivity contribution < 1.29 is 8.78 Å². The lowest BCUT2D eigenvalue weighted by Crippen LogP contribution is -2.04. The van der Waals surface area contributed by atoms with Gasteiger partial charge in [0.2, 0.25) is 0 Å². The smallest absolute Gasteiger partial charge is 0.140 e. The van der Waals surface area contributed by atoms with Crippen molar-refractivity contribution in [1.29, 1.82) is 0 Å². The van der Waals surface area contributed by atoms with Gasteiger partial charge in [0.1, 0.15) is 11.6 Å². The molecule has 1 nitrogen and oxygen atoms in total. The SMILES string of the molecule is NCCc1cc(F)c(Sc2cc(Cl)ccc2Cl)c(F)c1. The van der Waals surface area contributed by atoms with Crippen LogP contribution < -0.4 is 5.73 Å². The summed E-state index contributed by atoms with van der Waals surface area (Å²) in [7, 11) is 0. The van der Waals surface area contributed by atoms with Gasteiger partial charge in [0.25, 0.3) is 0 Å². The number of benzene rings is 2. The molecule has 0 radical (unpaired) electrons. The Morgan fingerprint density at radius 1 is 1.05 bits per heavy atom. The standard InChI is InChI=1S/C14H11Cl2F2NS/c15-9-1-2-10(16)13(7-9)20-14-11(17)5-8(3-4-19)6-12(14)18/h1-2,5-7H,3-4,19H2. The summed E-state index contributed by atoms with van der Waals surface area (Å²) >= 11 is 12.8. The average Bonchev–Trinajstić information content (AvgIpc) is 2.38. The van der Waals surface area contributed by atoms with Crippen LogP contribution in [0.25, 0.3) is 0 Å². The molecule has 0 spiro atoms. The predicted molar refractivity (Wildman–Crippen MR) is 79.7 cm³/mol. The Morgan fingerprint density at radius 3 is 2.30 bits per heavy atom. The highest BCUT2D eigenvalue weighted by molar-refractivity contribution is 7.99. The summed E-state index contributed by atoms with van der Waals surface area (Å²) in [6.07, 6.45) is 0.427.